The molecular weight excluding hydrogens is 311 g/mol. The number of rotatable bonds is 12. The summed E-state index contributed by atoms with van der Waals surface area (Å²) in [5, 5.41) is 0. The summed E-state index contributed by atoms with van der Waals surface area (Å²) < 4.78 is 43.2. The van der Waals surface area contributed by atoms with E-state index in [-0.39, 0.29) is 17.5 Å². The lowest BCUT2D eigenvalue weighted by molar-refractivity contribution is -0.697. The zero-order chi connectivity index (χ0) is 16.1. The predicted octanol–water partition coefficient (Wildman–Crippen LogP) is 4.58. The number of aromatic nitrogens is 1. The van der Waals surface area contributed by atoms with E-state index in [1.165, 1.54) is 6.42 Å². The zero-order valence-corrected chi connectivity index (χ0v) is 13.7. The Morgan fingerprint density at radius 3 is 2.14 bits per heavy atom. The maximum Gasteiger partial charge on any atom is 0.441 e. The first-order valence-electron chi connectivity index (χ1n) is 7.80. The van der Waals surface area contributed by atoms with Crippen LogP contribution in [0.25, 0.3) is 0 Å². The van der Waals surface area contributed by atoms with Gasteiger partial charge in [0.15, 0.2) is 12.4 Å². The molecular formula is C16H25F3NOS+. The van der Waals surface area contributed by atoms with Gasteiger partial charge in [0.05, 0.1) is 0 Å². The summed E-state index contributed by atoms with van der Waals surface area (Å²) in [7, 11) is 0. The summed E-state index contributed by atoms with van der Waals surface area (Å²) in [5.41, 5.74) is -4.10. The molecule has 6 heteroatoms. The molecule has 0 fully saturated rings. The molecule has 0 unspecified atom stereocenters. The number of ether oxygens (including phenoxy) is 1. The molecule has 1 aromatic rings. The zero-order valence-electron chi connectivity index (χ0n) is 12.9. The van der Waals surface area contributed by atoms with Crippen molar-refractivity contribution in [2.75, 3.05) is 19.0 Å². The van der Waals surface area contributed by atoms with Crippen LogP contribution in [0.4, 0.5) is 13.2 Å². The van der Waals surface area contributed by atoms with Crippen LogP contribution in [0.2, 0.25) is 0 Å². The van der Waals surface area contributed by atoms with E-state index in [9.17, 15) is 13.2 Å². The maximum absolute atomic E-state index is 11.9. The molecule has 0 N–H and O–H groups in total. The van der Waals surface area contributed by atoms with Gasteiger partial charge in [-0.25, -0.2) is 4.57 Å². The van der Waals surface area contributed by atoms with E-state index in [2.05, 4.69) is 17.0 Å². The molecule has 0 radical (unpaired) electrons. The number of aryl methyl sites for hydroxylation is 1. The summed E-state index contributed by atoms with van der Waals surface area (Å²) in [5.74, 6) is 0.129. The van der Waals surface area contributed by atoms with Gasteiger partial charge in [-0.2, -0.15) is 13.2 Å². The molecule has 2 nitrogen and oxygen atoms in total. The SMILES string of the molecule is FC(F)(F)SCCCCOCCCCCC[n+]1ccccc1. The first-order chi connectivity index (χ1) is 10.6. The molecule has 0 bridgehead atoms. The summed E-state index contributed by atoms with van der Waals surface area (Å²) in [6.45, 7) is 2.32. The van der Waals surface area contributed by atoms with Crippen molar-refractivity contribution in [2.45, 2.75) is 50.6 Å². The number of alkyl halides is 3. The smallest absolute Gasteiger partial charge is 0.381 e. The van der Waals surface area contributed by atoms with Crippen molar-refractivity contribution in [1.29, 1.82) is 0 Å². The number of pyridine rings is 1. The molecule has 1 aromatic heterocycles. The molecule has 1 heterocycles. The lowest BCUT2D eigenvalue weighted by atomic mass is 10.2. The van der Waals surface area contributed by atoms with Crippen molar-refractivity contribution in [3.8, 4) is 0 Å². The largest absolute Gasteiger partial charge is 0.441 e. The number of hydrogen-bond donors (Lipinski definition) is 0. The molecule has 0 spiro atoms. The van der Waals surface area contributed by atoms with Crippen LogP contribution >= 0.6 is 11.8 Å². The first-order valence-corrected chi connectivity index (χ1v) is 8.79. The third-order valence-corrected chi connectivity index (χ3v) is 4.00. The van der Waals surface area contributed by atoms with Crippen molar-refractivity contribution < 1.29 is 22.5 Å². The molecule has 1 rings (SSSR count). The van der Waals surface area contributed by atoms with E-state index >= 15 is 0 Å². The van der Waals surface area contributed by atoms with Crippen LogP contribution < -0.4 is 4.57 Å². The van der Waals surface area contributed by atoms with Crippen molar-refractivity contribution in [1.82, 2.24) is 0 Å². The lowest BCUT2D eigenvalue weighted by Crippen LogP contribution is -2.32. The summed E-state index contributed by atoms with van der Waals surface area (Å²) in [6.07, 6.45) is 9.89. The number of nitrogens with zero attached hydrogens (tertiary/aromatic N) is 1. The molecule has 0 saturated heterocycles. The van der Waals surface area contributed by atoms with Crippen LogP contribution in [0.5, 0.6) is 0 Å². The van der Waals surface area contributed by atoms with Gasteiger partial charge in [0.1, 0.15) is 6.54 Å². The molecule has 0 aliphatic carbocycles. The molecule has 0 atom stereocenters. The second kappa shape index (κ2) is 11.8. The van der Waals surface area contributed by atoms with Gasteiger partial charge < -0.3 is 4.74 Å². The van der Waals surface area contributed by atoms with Crippen LogP contribution in [0, 0.1) is 0 Å². The minimum absolute atomic E-state index is 0.0516. The van der Waals surface area contributed by atoms with Gasteiger partial charge in [-0.15, -0.1) is 0 Å². The second-order valence-corrected chi connectivity index (χ2v) is 6.30. The predicted molar refractivity (Wildman–Crippen MR) is 83.7 cm³/mol. The fraction of sp³-hybridized carbons (Fsp3) is 0.688. The van der Waals surface area contributed by atoms with Crippen molar-refractivity contribution in [3.63, 3.8) is 0 Å². The minimum atomic E-state index is -4.10. The Morgan fingerprint density at radius 2 is 1.45 bits per heavy atom. The molecule has 0 aliphatic rings. The Kier molecular flexibility index (Phi) is 10.3. The number of unbranched alkanes of at least 4 members (excludes halogenated alkanes) is 4. The molecule has 0 saturated carbocycles. The average molecular weight is 336 g/mol. The quantitative estimate of drug-likeness (QED) is 0.409. The summed E-state index contributed by atoms with van der Waals surface area (Å²) in [6, 6.07) is 6.07. The minimum Gasteiger partial charge on any atom is -0.381 e. The Balaban J connectivity index is 1.78. The Hall–Kier alpha value is -0.750. The second-order valence-electron chi connectivity index (χ2n) is 5.14. The number of hydrogen-bond acceptors (Lipinski definition) is 2. The van der Waals surface area contributed by atoms with E-state index in [1.54, 1.807) is 0 Å². The van der Waals surface area contributed by atoms with Crippen LogP contribution in [-0.4, -0.2) is 24.5 Å². The molecule has 126 valence electrons. The van der Waals surface area contributed by atoms with E-state index < -0.39 is 5.51 Å². The van der Waals surface area contributed by atoms with Gasteiger partial charge in [0.2, 0.25) is 0 Å². The monoisotopic (exact) mass is 336 g/mol. The van der Waals surface area contributed by atoms with Crippen LogP contribution in [-0.2, 0) is 11.3 Å². The normalized spacial score (nSPS) is 11.8. The van der Waals surface area contributed by atoms with Gasteiger partial charge in [-0.3, -0.25) is 0 Å². The van der Waals surface area contributed by atoms with Gasteiger partial charge in [-0.05, 0) is 25.7 Å². The third-order valence-electron chi connectivity index (χ3n) is 3.18. The highest BCUT2D eigenvalue weighted by Gasteiger charge is 2.27. The van der Waals surface area contributed by atoms with E-state index in [4.69, 9.17) is 4.74 Å². The molecule has 0 amide bonds. The van der Waals surface area contributed by atoms with Crippen LogP contribution in [0.15, 0.2) is 30.6 Å². The molecule has 22 heavy (non-hydrogen) atoms. The summed E-state index contributed by atoms with van der Waals surface area (Å²) in [4.78, 5) is 0. The van der Waals surface area contributed by atoms with Gasteiger partial charge in [-0.1, -0.05) is 24.2 Å². The summed E-state index contributed by atoms with van der Waals surface area (Å²) >= 11 is 0.0516. The highest BCUT2D eigenvalue weighted by Crippen LogP contribution is 2.30. The van der Waals surface area contributed by atoms with Gasteiger partial charge in [0, 0.05) is 37.5 Å². The standard InChI is InChI=1S/C16H25F3NOS/c17-16(18,19)22-15-9-8-14-21-13-7-2-1-4-10-20-11-5-3-6-12-20/h3,5-6,11-12H,1-2,4,7-10,13-15H2/q+1. The Labute approximate surface area is 135 Å². The van der Waals surface area contributed by atoms with E-state index in [1.807, 2.05) is 18.2 Å². The fourth-order valence-electron chi connectivity index (χ4n) is 2.03. The highest BCUT2D eigenvalue weighted by atomic mass is 32.2. The molecule has 0 aromatic carbocycles. The average Bonchev–Trinajstić information content (AvgIpc) is 2.48. The Morgan fingerprint density at radius 1 is 0.818 bits per heavy atom. The highest BCUT2D eigenvalue weighted by molar-refractivity contribution is 8.00. The molecule has 0 aliphatic heterocycles. The van der Waals surface area contributed by atoms with E-state index in [0.717, 1.165) is 25.8 Å². The van der Waals surface area contributed by atoms with Gasteiger partial charge in [0.25, 0.3) is 0 Å². The fourth-order valence-corrected chi connectivity index (χ4v) is 2.61. The topological polar surface area (TPSA) is 13.1 Å². The van der Waals surface area contributed by atoms with Crippen LogP contribution in [0.3, 0.4) is 0 Å². The van der Waals surface area contributed by atoms with Crippen LogP contribution in [0.1, 0.15) is 38.5 Å². The maximum atomic E-state index is 11.9. The lowest BCUT2D eigenvalue weighted by Gasteiger charge is -2.06. The van der Waals surface area contributed by atoms with Gasteiger partial charge >= 0.3 is 5.51 Å². The number of halogens is 3. The number of thioether (sulfide) groups is 1. The Bertz CT molecular complexity index is 373. The van der Waals surface area contributed by atoms with Crippen molar-refractivity contribution in [3.05, 3.63) is 30.6 Å². The first kappa shape index (κ1) is 19.3. The van der Waals surface area contributed by atoms with Crippen molar-refractivity contribution in [2.24, 2.45) is 0 Å². The van der Waals surface area contributed by atoms with E-state index in [0.29, 0.717) is 26.1 Å². The third kappa shape index (κ3) is 11.9. The van der Waals surface area contributed by atoms with Crippen molar-refractivity contribution >= 4 is 11.8 Å².